The Balaban J connectivity index is 1.61. The highest BCUT2D eigenvalue weighted by Crippen LogP contribution is 2.36. The summed E-state index contributed by atoms with van der Waals surface area (Å²) in [5.41, 5.74) is 1.32. The van der Waals surface area contributed by atoms with Gasteiger partial charge in [-0.05, 0) is 31.9 Å². The average Bonchev–Trinajstić information content (AvgIpc) is 3.02. The first-order valence-electron chi connectivity index (χ1n) is 11.5. The predicted octanol–water partition coefficient (Wildman–Crippen LogP) is 2.12. The van der Waals surface area contributed by atoms with Gasteiger partial charge in [-0.1, -0.05) is 6.92 Å². The van der Waals surface area contributed by atoms with Crippen molar-refractivity contribution in [2.75, 3.05) is 65.0 Å². The van der Waals surface area contributed by atoms with Crippen molar-refractivity contribution < 1.29 is 24.1 Å². The van der Waals surface area contributed by atoms with Gasteiger partial charge in [0, 0.05) is 64.0 Å². The Morgan fingerprint density at radius 1 is 1.32 bits per heavy atom. The first-order chi connectivity index (χ1) is 15.1. The Morgan fingerprint density at radius 2 is 2.16 bits per heavy atom. The van der Waals surface area contributed by atoms with Gasteiger partial charge in [0.2, 0.25) is 0 Å². The number of β-amino-alcohol motifs (C(OH)–C–C–N with tert-alkyl or cyclic N) is 1. The number of aliphatic hydroxyl groups is 1. The summed E-state index contributed by atoms with van der Waals surface area (Å²) in [6, 6.07) is 3.73. The van der Waals surface area contributed by atoms with Crippen LogP contribution >= 0.6 is 0 Å². The van der Waals surface area contributed by atoms with Crippen LogP contribution in [0.5, 0.6) is 11.5 Å². The number of anilines is 1. The van der Waals surface area contributed by atoms with Gasteiger partial charge in [0.25, 0.3) is 5.91 Å². The lowest BCUT2D eigenvalue weighted by atomic mass is 9.93. The van der Waals surface area contributed by atoms with E-state index in [-0.39, 0.29) is 11.8 Å². The van der Waals surface area contributed by atoms with Crippen molar-refractivity contribution in [3.63, 3.8) is 0 Å². The van der Waals surface area contributed by atoms with Gasteiger partial charge >= 0.3 is 0 Å². The summed E-state index contributed by atoms with van der Waals surface area (Å²) in [4.78, 5) is 15.3. The molecule has 0 unspecified atom stereocenters. The fourth-order valence-electron chi connectivity index (χ4n) is 4.05. The van der Waals surface area contributed by atoms with Crippen LogP contribution in [0, 0.1) is 5.92 Å². The number of nitrogens with one attached hydrogen (secondary N) is 2. The fraction of sp³-hybridized carbons (Fsp3) is 0.696. The van der Waals surface area contributed by atoms with E-state index >= 15 is 0 Å². The standard InChI is InChI=1S/C23H37N3O5/c1-3-7-24-18-13-19(22-21(14-18)30-11-5-12-31-22)23(28)25-15-17-6-9-26(16-20(17)27)8-4-10-29-2/h13-14,17,20,24,27H,3-12,15-16H2,1-2H3,(H,25,28)/t17-,20+/m0/s1. The van der Waals surface area contributed by atoms with E-state index < -0.39 is 6.10 Å². The number of fused-ring (bicyclic) bond motifs is 1. The Bertz CT molecular complexity index is 715. The molecular weight excluding hydrogens is 398 g/mol. The van der Waals surface area contributed by atoms with Crippen molar-refractivity contribution in [3.8, 4) is 11.5 Å². The van der Waals surface area contributed by atoms with Crippen molar-refractivity contribution in [3.05, 3.63) is 17.7 Å². The molecule has 8 nitrogen and oxygen atoms in total. The number of benzene rings is 1. The van der Waals surface area contributed by atoms with E-state index in [1.165, 1.54) is 0 Å². The molecule has 3 rings (SSSR count). The molecule has 0 aliphatic carbocycles. The van der Waals surface area contributed by atoms with Crippen LogP contribution in [0.1, 0.15) is 43.0 Å². The number of ether oxygens (including phenoxy) is 3. The molecule has 1 amide bonds. The largest absolute Gasteiger partial charge is 0.489 e. The molecule has 1 aromatic rings. The van der Waals surface area contributed by atoms with Gasteiger partial charge < -0.3 is 34.9 Å². The van der Waals surface area contributed by atoms with E-state index in [1.807, 2.05) is 12.1 Å². The van der Waals surface area contributed by atoms with E-state index in [1.54, 1.807) is 7.11 Å². The summed E-state index contributed by atoms with van der Waals surface area (Å²) >= 11 is 0. The molecular formula is C23H37N3O5. The molecule has 1 fully saturated rings. The summed E-state index contributed by atoms with van der Waals surface area (Å²) in [5, 5.41) is 16.9. The van der Waals surface area contributed by atoms with Crippen molar-refractivity contribution in [1.82, 2.24) is 10.2 Å². The lowest BCUT2D eigenvalue weighted by Gasteiger charge is -2.36. The normalized spacial score (nSPS) is 21.4. The van der Waals surface area contributed by atoms with E-state index in [0.717, 1.165) is 57.6 Å². The molecule has 0 spiro atoms. The lowest BCUT2D eigenvalue weighted by Crippen LogP contribution is -2.48. The molecule has 0 saturated carbocycles. The number of carbonyl (C=O) groups excluding carboxylic acids is 1. The summed E-state index contributed by atoms with van der Waals surface area (Å²) in [6.07, 6.45) is 3.12. The zero-order chi connectivity index (χ0) is 22.1. The second-order valence-corrected chi connectivity index (χ2v) is 8.30. The molecule has 3 N–H and O–H groups in total. The first-order valence-corrected chi connectivity index (χ1v) is 11.5. The van der Waals surface area contributed by atoms with Gasteiger partial charge in [-0.2, -0.15) is 0 Å². The zero-order valence-electron chi connectivity index (χ0n) is 18.8. The Hall–Kier alpha value is -2.03. The summed E-state index contributed by atoms with van der Waals surface area (Å²) in [5.74, 6) is 0.954. The van der Waals surface area contributed by atoms with Crippen LogP contribution in [0.15, 0.2) is 12.1 Å². The third-order valence-electron chi connectivity index (χ3n) is 5.82. The predicted molar refractivity (Wildman–Crippen MR) is 120 cm³/mol. The van der Waals surface area contributed by atoms with Crippen LogP contribution in [0.25, 0.3) is 0 Å². The van der Waals surface area contributed by atoms with Gasteiger partial charge in [-0.3, -0.25) is 4.79 Å². The van der Waals surface area contributed by atoms with Gasteiger partial charge in [0.1, 0.15) is 0 Å². The number of methoxy groups -OCH3 is 1. The number of hydrogen-bond donors (Lipinski definition) is 3. The van der Waals surface area contributed by atoms with Gasteiger partial charge in [0.05, 0.1) is 24.9 Å². The zero-order valence-corrected chi connectivity index (χ0v) is 18.8. The summed E-state index contributed by atoms with van der Waals surface area (Å²) in [6.45, 7) is 7.65. The summed E-state index contributed by atoms with van der Waals surface area (Å²) < 4.78 is 16.8. The molecule has 174 valence electrons. The molecule has 1 saturated heterocycles. The van der Waals surface area contributed by atoms with E-state index in [4.69, 9.17) is 14.2 Å². The summed E-state index contributed by atoms with van der Waals surface area (Å²) in [7, 11) is 1.70. The molecule has 2 aliphatic rings. The molecule has 31 heavy (non-hydrogen) atoms. The van der Waals surface area contributed by atoms with Crippen molar-refractivity contribution in [2.24, 2.45) is 5.92 Å². The minimum Gasteiger partial charge on any atom is -0.489 e. The molecule has 8 heteroatoms. The quantitative estimate of drug-likeness (QED) is 0.485. The highest BCUT2D eigenvalue weighted by atomic mass is 16.5. The SMILES string of the molecule is CCCNc1cc2c(c(C(=O)NC[C@@H]3CCN(CCCOC)C[C@H]3O)c1)OCCCO2. The van der Waals surface area contributed by atoms with Crippen LogP contribution < -0.4 is 20.1 Å². The third-order valence-corrected chi connectivity index (χ3v) is 5.82. The lowest BCUT2D eigenvalue weighted by molar-refractivity contribution is 0.0192. The van der Waals surface area contributed by atoms with Crippen LogP contribution in [-0.2, 0) is 4.74 Å². The van der Waals surface area contributed by atoms with Crippen LogP contribution in [0.4, 0.5) is 5.69 Å². The maximum atomic E-state index is 13.1. The van der Waals surface area contributed by atoms with Crippen molar-refractivity contribution in [1.29, 1.82) is 0 Å². The first kappa shape index (κ1) is 23.6. The minimum atomic E-state index is -0.453. The molecule has 1 aromatic carbocycles. The van der Waals surface area contributed by atoms with Gasteiger partial charge in [-0.25, -0.2) is 0 Å². The van der Waals surface area contributed by atoms with Crippen molar-refractivity contribution >= 4 is 11.6 Å². The fourth-order valence-corrected chi connectivity index (χ4v) is 4.05. The molecule has 2 heterocycles. The number of carbonyl (C=O) groups is 1. The number of piperidine rings is 1. The smallest absolute Gasteiger partial charge is 0.255 e. The van der Waals surface area contributed by atoms with Crippen LogP contribution in [-0.4, -0.2) is 81.7 Å². The second-order valence-electron chi connectivity index (χ2n) is 8.30. The van der Waals surface area contributed by atoms with E-state index in [9.17, 15) is 9.90 Å². The number of rotatable bonds is 10. The Labute approximate surface area is 185 Å². The average molecular weight is 436 g/mol. The third kappa shape index (κ3) is 6.72. The molecule has 0 radical (unpaired) electrons. The number of hydrogen-bond acceptors (Lipinski definition) is 7. The topological polar surface area (TPSA) is 92.3 Å². The van der Waals surface area contributed by atoms with Crippen molar-refractivity contribution in [2.45, 2.75) is 38.7 Å². The van der Waals surface area contributed by atoms with E-state index in [0.29, 0.717) is 43.4 Å². The molecule has 0 bridgehead atoms. The maximum Gasteiger partial charge on any atom is 0.255 e. The molecule has 2 aliphatic heterocycles. The minimum absolute atomic E-state index is 0.0415. The van der Waals surface area contributed by atoms with Crippen LogP contribution in [0.3, 0.4) is 0 Å². The Morgan fingerprint density at radius 3 is 2.94 bits per heavy atom. The highest BCUT2D eigenvalue weighted by Gasteiger charge is 2.28. The highest BCUT2D eigenvalue weighted by molar-refractivity contribution is 5.99. The number of nitrogens with zero attached hydrogens (tertiary/aromatic N) is 1. The number of likely N-dealkylation sites (tertiary alicyclic amines) is 1. The Kier molecular flexibility index (Phi) is 9.24. The monoisotopic (exact) mass is 435 g/mol. The molecule has 2 atom stereocenters. The maximum absolute atomic E-state index is 13.1. The van der Waals surface area contributed by atoms with Gasteiger partial charge in [0.15, 0.2) is 11.5 Å². The molecule has 0 aromatic heterocycles. The number of amides is 1. The van der Waals surface area contributed by atoms with E-state index in [2.05, 4.69) is 22.5 Å². The second kappa shape index (κ2) is 12.1. The van der Waals surface area contributed by atoms with Gasteiger partial charge in [-0.15, -0.1) is 0 Å². The van der Waals surface area contributed by atoms with Crippen LogP contribution in [0.2, 0.25) is 0 Å². The number of aliphatic hydroxyl groups excluding tert-OH is 1.